The van der Waals surface area contributed by atoms with Crippen LogP contribution in [-0.2, 0) is 16.1 Å². The Hall–Kier alpha value is -2.08. The van der Waals surface area contributed by atoms with Crippen LogP contribution in [0.3, 0.4) is 0 Å². The number of carboxylic acid groups (broad SMARTS) is 1. The number of hydrogen-bond donors (Lipinski definition) is 3. The first-order valence-electron chi connectivity index (χ1n) is 7.37. The first-order chi connectivity index (χ1) is 10.5. The molecule has 6 nitrogen and oxygen atoms in total. The summed E-state index contributed by atoms with van der Waals surface area (Å²) >= 11 is 0. The predicted molar refractivity (Wildman–Crippen MR) is 83.8 cm³/mol. The molecule has 0 saturated carbocycles. The van der Waals surface area contributed by atoms with Crippen molar-refractivity contribution in [1.82, 2.24) is 10.6 Å². The average Bonchev–Trinajstić information content (AvgIpc) is 2.52. The van der Waals surface area contributed by atoms with Crippen LogP contribution in [0.25, 0.3) is 0 Å². The third kappa shape index (κ3) is 5.73. The first-order valence-corrected chi connectivity index (χ1v) is 7.37. The maximum atomic E-state index is 12.0. The Balaban J connectivity index is 2.51. The highest BCUT2D eigenvalue weighted by molar-refractivity contribution is 5.82. The van der Waals surface area contributed by atoms with Crippen molar-refractivity contribution in [3.8, 4) is 5.75 Å². The molecule has 0 spiro atoms. The average molecular weight is 308 g/mol. The molecule has 1 aromatic carbocycles. The number of rotatable bonds is 9. The molecule has 3 N–H and O–H groups in total. The van der Waals surface area contributed by atoms with E-state index < -0.39 is 18.1 Å². The molecule has 1 amide bonds. The number of aliphatic carboxylic acids is 1. The second-order valence-corrected chi connectivity index (χ2v) is 5.14. The second kappa shape index (κ2) is 9.04. The van der Waals surface area contributed by atoms with Gasteiger partial charge in [0, 0.05) is 6.54 Å². The van der Waals surface area contributed by atoms with Gasteiger partial charge in [0.1, 0.15) is 11.8 Å². The minimum Gasteiger partial charge on any atom is -0.497 e. The molecule has 0 heterocycles. The zero-order valence-electron chi connectivity index (χ0n) is 13.3. The summed E-state index contributed by atoms with van der Waals surface area (Å²) in [6, 6.07) is 6.13. The summed E-state index contributed by atoms with van der Waals surface area (Å²) in [5.41, 5.74) is 0.920. The summed E-state index contributed by atoms with van der Waals surface area (Å²) in [5, 5.41) is 14.7. The van der Waals surface area contributed by atoms with Gasteiger partial charge in [-0.3, -0.25) is 14.9 Å². The van der Waals surface area contributed by atoms with Gasteiger partial charge in [-0.05, 0) is 31.0 Å². The highest BCUT2D eigenvalue weighted by Gasteiger charge is 2.22. The molecule has 0 bridgehead atoms. The van der Waals surface area contributed by atoms with Crippen LogP contribution in [0.15, 0.2) is 24.3 Å². The highest BCUT2D eigenvalue weighted by Crippen LogP contribution is 2.12. The quantitative estimate of drug-likeness (QED) is 0.644. The number of carbonyl (C=O) groups is 2. The Morgan fingerprint density at radius 3 is 2.68 bits per heavy atom. The van der Waals surface area contributed by atoms with Gasteiger partial charge in [-0.25, -0.2) is 0 Å². The number of carbonyl (C=O) groups excluding carboxylic acids is 1. The molecule has 0 fully saturated rings. The number of nitrogens with one attached hydrogen (secondary N) is 2. The molecule has 1 aromatic rings. The lowest BCUT2D eigenvalue weighted by Crippen LogP contribution is -2.49. The summed E-state index contributed by atoms with van der Waals surface area (Å²) in [6.45, 7) is 3.94. The van der Waals surface area contributed by atoms with Crippen molar-refractivity contribution in [1.29, 1.82) is 0 Å². The SMILES string of the molecule is CCCC(NC(C)C(=O)NCc1cccc(OC)c1)C(=O)O. The van der Waals surface area contributed by atoms with Crippen molar-refractivity contribution in [3.63, 3.8) is 0 Å². The summed E-state index contributed by atoms with van der Waals surface area (Å²) in [5.74, 6) is -0.439. The van der Waals surface area contributed by atoms with Crippen LogP contribution in [0.2, 0.25) is 0 Å². The van der Waals surface area contributed by atoms with Crippen molar-refractivity contribution in [2.45, 2.75) is 45.3 Å². The van der Waals surface area contributed by atoms with Crippen molar-refractivity contribution < 1.29 is 19.4 Å². The monoisotopic (exact) mass is 308 g/mol. The smallest absolute Gasteiger partial charge is 0.320 e. The molecule has 2 unspecified atom stereocenters. The molecule has 6 heteroatoms. The van der Waals surface area contributed by atoms with Crippen LogP contribution in [-0.4, -0.2) is 36.2 Å². The van der Waals surface area contributed by atoms with E-state index in [0.29, 0.717) is 13.0 Å². The van der Waals surface area contributed by atoms with E-state index in [9.17, 15) is 9.59 Å². The van der Waals surface area contributed by atoms with Gasteiger partial charge in [0.25, 0.3) is 0 Å². The Bertz CT molecular complexity index is 505. The number of benzene rings is 1. The molecule has 0 aromatic heterocycles. The fourth-order valence-corrected chi connectivity index (χ4v) is 2.07. The molecule has 0 aliphatic rings. The predicted octanol–water partition coefficient (Wildman–Crippen LogP) is 1.54. The highest BCUT2D eigenvalue weighted by atomic mass is 16.5. The molecule has 0 aliphatic carbocycles. The van der Waals surface area contributed by atoms with Crippen LogP contribution < -0.4 is 15.4 Å². The summed E-state index contributed by atoms with van der Waals surface area (Å²) < 4.78 is 5.12. The summed E-state index contributed by atoms with van der Waals surface area (Å²) in [7, 11) is 1.59. The van der Waals surface area contributed by atoms with Gasteiger partial charge in [-0.15, -0.1) is 0 Å². The summed E-state index contributed by atoms with van der Waals surface area (Å²) in [6.07, 6.45) is 1.23. The van der Waals surface area contributed by atoms with Crippen LogP contribution in [0.1, 0.15) is 32.3 Å². The minimum atomic E-state index is -0.936. The Morgan fingerprint density at radius 2 is 2.09 bits per heavy atom. The molecule has 122 valence electrons. The van der Waals surface area contributed by atoms with Gasteiger partial charge in [0.05, 0.1) is 13.2 Å². The fourth-order valence-electron chi connectivity index (χ4n) is 2.07. The lowest BCUT2D eigenvalue weighted by atomic mass is 10.1. The lowest BCUT2D eigenvalue weighted by molar-refractivity contribution is -0.140. The maximum Gasteiger partial charge on any atom is 0.320 e. The van der Waals surface area contributed by atoms with Crippen molar-refractivity contribution in [3.05, 3.63) is 29.8 Å². The Morgan fingerprint density at radius 1 is 1.36 bits per heavy atom. The Labute approximate surface area is 130 Å². The topological polar surface area (TPSA) is 87.7 Å². The largest absolute Gasteiger partial charge is 0.497 e. The van der Waals surface area contributed by atoms with Crippen molar-refractivity contribution >= 4 is 11.9 Å². The molecule has 0 radical (unpaired) electrons. The number of methoxy groups -OCH3 is 1. The van der Waals surface area contributed by atoms with Crippen molar-refractivity contribution in [2.24, 2.45) is 0 Å². The van der Waals surface area contributed by atoms with Gasteiger partial charge in [-0.1, -0.05) is 25.5 Å². The Kier molecular flexibility index (Phi) is 7.39. The molecule has 0 aliphatic heterocycles. The standard InChI is InChI=1S/C16H24N2O4/c1-4-6-14(16(20)21)18-11(2)15(19)17-10-12-7-5-8-13(9-12)22-3/h5,7-9,11,14,18H,4,6,10H2,1-3H3,(H,17,19)(H,20,21). The van der Waals surface area contributed by atoms with E-state index in [1.54, 1.807) is 14.0 Å². The van der Waals surface area contributed by atoms with Crippen LogP contribution in [0.5, 0.6) is 5.75 Å². The van der Waals surface area contributed by atoms with Gasteiger partial charge < -0.3 is 15.2 Å². The minimum absolute atomic E-state index is 0.231. The molecule has 2 atom stereocenters. The van der Waals surface area contributed by atoms with E-state index >= 15 is 0 Å². The van der Waals surface area contributed by atoms with Crippen LogP contribution in [0, 0.1) is 0 Å². The molecular formula is C16H24N2O4. The van der Waals surface area contributed by atoms with E-state index in [1.807, 2.05) is 31.2 Å². The van der Waals surface area contributed by atoms with E-state index in [2.05, 4.69) is 10.6 Å². The van der Waals surface area contributed by atoms with Crippen LogP contribution >= 0.6 is 0 Å². The van der Waals surface area contributed by atoms with Gasteiger partial charge >= 0.3 is 5.97 Å². The zero-order chi connectivity index (χ0) is 16.5. The van der Waals surface area contributed by atoms with Crippen LogP contribution in [0.4, 0.5) is 0 Å². The van der Waals surface area contributed by atoms with Gasteiger partial charge in [-0.2, -0.15) is 0 Å². The number of carboxylic acids is 1. The lowest BCUT2D eigenvalue weighted by Gasteiger charge is -2.19. The maximum absolute atomic E-state index is 12.0. The second-order valence-electron chi connectivity index (χ2n) is 5.14. The van der Waals surface area contributed by atoms with E-state index in [0.717, 1.165) is 17.7 Å². The molecule has 1 rings (SSSR count). The fraction of sp³-hybridized carbons (Fsp3) is 0.500. The molecule has 22 heavy (non-hydrogen) atoms. The van der Waals surface area contributed by atoms with Gasteiger partial charge in [0.15, 0.2) is 0 Å². The van der Waals surface area contributed by atoms with Crippen molar-refractivity contribution in [2.75, 3.05) is 7.11 Å². The number of hydrogen-bond acceptors (Lipinski definition) is 4. The third-order valence-corrected chi connectivity index (χ3v) is 3.32. The number of amides is 1. The van der Waals surface area contributed by atoms with Gasteiger partial charge in [0.2, 0.25) is 5.91 Å². The zero-order valence-corrected chi connectivity index (χ0v) is 13.3. The number of ether oxygens (including phenoxy) is 1. The normalized spacial score (nSPS) is 13.2. The molecule has 0 saturated heterocycles. The molecular weight excluding hydrogens is 284 g/mol. The first kappa shape index (κ1) is 18.0. The van der Waals surface area contributed by atoms with E-state index in [-0.39, 0.29) is 5.91 Å². The van der Waals surface area contributed by atoms with E-state index in [4.69, 9.17) is 9.84 Å². The van der Waals surface area contributed by atoms with E-state index in [1.165, 1.54) is 0 Å². The summed E-state index contributed by atoms with van der Waals surface area (Å²) in [4.78, 5) is 23.1. The third-order valence-electron chi connectivity index (χ3n) is 3.32.